The van der Waals surface area contributed by atoms with E-state index in [1.807, 2.05) is 0 Å². The Bertz CT molecular complexity index is 2950. The summed E-state index contributed by atoms with van der Waals surface area (Å²) in [4.78, 5) is 33.9. The minimum Gasteiger partial charge on any atom is -0.490 e. The van der Waals surface area contributed by atoms with Gasteiger partial charge < -0.3 is 10.1 Å². The van der Waals surface area contributed by atoms with Crippen molar-refractivity contribution >= 4 is 55.2 Å². The lowest BCUT2D eigenvalue weighted by Crippen LogP contribution is -2.38. The van der Waals surface area contributed by atoms with E-state index in [0.717, 1.165) is 48.6 Å². The molecular weight excluding hydrogens is 854 g/mol. The maximum absolute atomic E-state index is 15.5. The molecule has 13 nitrogen and oxygen atoms in total. The largest absolute Gasteiger partial charge is 0.490 e. The van der Waals surface area contributed by atoms with Crippen molar-refractivity contribution in [1.29, 1.82) is 0 Å². The van der Waals surface area contributed by atoms with Gasteiger partial charge in [0.2, 0.25) is 15.9 Å². The third kappa shape index (κ3) is 7.36. The number of rotatable bonds is 12. The maximum Gasteiger partial charge on any atom is 0.293 e. The van der Waals surface area contributed by atoms with Gasteiger partial charge in [-0.25, -0.2) is 31.0 Å². The van der Waals surface area contributed by atoms with Crippen molar-refractivity contribution in [1.82, 2.24) is 34.4 Å². The zero-order valence-electron chi connectivity index (χ0n) is 32.2. The zero-order valence-corrected chi connectivity index (χ0v) is 33.8. The van der Waals surface area contributed by atoms with Crippen LogP contribution in [0.5, 0.6) is 5.75 Å². The first-order valence-corrected chi connectivity index (χ1v) is 21.5. The Labute approximate surface area is 347 Å². The number of anilines is 1. The lowest BCUT2D eigenvalue weighted by atomic mass is 10.0. The Morgan fingerprint density at radius 1 is 1.05 bits per heavy atom. The van der Waals surface area contributed by atoms with E-state index in [4.69, 9.17) is 21.3 Å². The Kier molecular flexibility index (Phi) is 9.87. The normalized spacial score (nSPS) is 18.8. The molecule has 3 atom stereocenters. The number of halogens is 7. The number of nitrogens with one attached hydrogen (secondary N) is 2. The molecule has 61 heavy (non-hydrogen) atoms. The first-order chi connectivity index (χ1) is 28.9. The maximum atomic E-state index is 15.5. The van der Waals surface area contributed by atoms with Crippen LogP contribution >= 0.6 is 11.6 Å². The summed E-state index contributed by atoms with van der Waals surface area (Å²) < 4.78 is 125. The third-order valence-corrected chi connectivity index (χ3v) is 12.3. The van der Waals surface area contributed by atoms with Gasteiger partial charge in [-0.15, -0.1) is 0 Å². The summed E-state index contributed by atoms with van der Waals surface area (Å²) in [6, 6.07) is 8.57. The SMILES string of the molecule is Cn1nc(NS(C)(=O)=O)c2c(Cl)ccc(-n3c([C@H](Cc4cc(F)cc(F)c4)NC(=O)Cn4nc(C(F)F)c5c4C(F)(F)[C@@H]4C[C@H]54)nc4cc(OC5CCCC5)ccc4c3=O)c21. The molecule has 0 saturated heterocycles. The topological polar surface area (TPSA) is 155 Å². The molecule has 0 bridgehead atoms. The first kappa shape index (κ1) is 40.8. The minimum absolute atomic E-state index is 0.00287. The summed E-state index contributed by atoms with van der Waals surface area (Å²) in [5, 5.41) is 10.9. The summed E-state index contributed by atoms with van der Waals surface area (Å²) in [7, 11) is -2.43. The van der Waals surface area contributed by atoms with E-state index in [9.17, 15) is 35.6 Å². The number of alkyl halides is 4. The van der Waals surface area contributed by atoms with Crippen LogP contribution in [0.3, 0.4) is 0 Å². The second-order valence-electron chi connectivity index (χ2n) is 15.7. The molecule has 0 aliphatic heterocycles. The molecule has 0 radical (unpaired) electrons. The number of hydrogen-bond acceptors (Lipinski definition) is 8. The fourth-order valence-electron chi connectivity index (χ4n) is 8.83. The number of ether oxygens (including phenoxy) is 1. The lowest BCUT2D eigenvalue weighted by molar-refractivity contribution is -0.123. The Hall–Kier alpha value is -5.63. The Balaban J connectivity index is 1.23. The highest BCUT2D eigenvalue weighted by Crippen LogP contribution is 2.68. The van der Waals surface area contributed by atoms with Gasteiger partial charge in [0.05, 0.1) is 50.9 Å². The number of carbonyl (C=O) groups is 1. The molecule has 3 aliphatic rings. The molecule has 0 unspecified atom stereocenters. The number of hydrogen-bond donors (Lipinski definition) is 2. The van der Waals surface area contributed by atoms with Gasteiger partial charge in [-0.3, -0.25) is 28.2 Å². The van der Waals surface area contributed by atoms with E-state index in [2.05, 4.69) is 20.2 Å². The Morgan fingerprint density at radius 2 is 1.77 bits per heavy atom. The summed E-state index contributed by atoms with van der Waals surface area (Å²) in [5.74, 6) is -8.54. The van der Waals surface area contributed by atoms with Crippen molar-refractivity contribution in [2.75, 3.05) is 11.0 Å². The van der Waals surface area contributed by atoms with Gasteiger partial charge in [0.1, 0.15) is 41.1 Å². The molecular formula is C40H35ClF6N8O5S. The predicted molar refractivity (Wildman–Crippen MR) is 211 cm³/mol. The van der Waals surface area contributed by atoms with E-state index in [1.165, 1.54) is 36.0 Å². The molecule has 2 saturated carbocycles. The molecule has 1 amide bonds. The second kappa shape index (κ2) is 14.8. The molecule has 6 aromatic rings. The average Bonchev–Trinajstić information content (AvgIpc) is 3.37. The van der Waals surface area contributed by atoms with Crippen molar-refractivity contribution in [2.24, 2.45) is 13.0 Å². The third-order valence-electron chi connectivity index (χ3n) is 11.4. The molecule has 3 aromatic carbocycles. The highest BCUT2D eigenvalue weighted by Gasteiger charge is 2.67. The monoisotopic (exact) mass is 888 g/mol. The number of aromatic nitrogens is 6. The van der Waals surface area contributed by atoms with Gasteiger partial charge in [0.15, 0.2) is 5.82 Å². The van der Waals surface area contributed by atoms with Gasteiger partial charge >= 0.3 is 0 Å². The number of carbonyl (C=O) groups excluding carboxylic acids is 1. The summed E-state index contributed by atoms with van der Waals surface area (Å²) in [6.07, 6.45) is 0.766. The zero-order chi connectivity index (χ0) is 43.3. The second-order valence-corrected chi connectivity index (χ2v) is 17.9. The van der Waals surface area contributed by atoms with Crippen molar-refractivity contribution < 1.29 is 44.3 Å². The van der Waals surface area contributed by atoms with Crippen LogP contribution in [0.4, 0.5) is 32.2 Å². The summed E-state index contributed by atoms with van der Waals surface area (Å²) in [5.41, 5.74) is -2.39. The van der Waals surface area contributed by atoms with Gasteiger partial charge in [-0.1, -0.05) is 11.6 Å². The van der Waals surface area contributed by atoms with E-state index < -0.39 is 87.7 Å². The van der Waals surface area contributed by atoms with Crippen molar-refractivity contribution in [3.05, 3.63) is 104 Å². The van der Waals surface area contributed by atoms with E-state index in [1.54, 1.807) is 6.07 Å². The van der Waals surface area contributed by atoms with Crippen LogP contribution in [0.1, 0.15) is 78.8 Å². The lowest BCUT2D eigenvalue weighted by Gasteiger charge is -2.24. The van der Waals surface area contributed by atoms with Crippen LogP contribution in [-0.2, 0) is 40.8 Å². The number of fused-ring (bicyclic) bond motifs is 5. The smallest absolute Gasteiger partial charge is 0.293 e. The van der Waals surface area contributed by atoms with Crippen molar-refractivity contribution in [2.45, 2.75) is 75.5 Å². The quantitative estimate of drug-likeness (QED) is 0.121. The number of nitrogens with zero attached hydrogens (tertiary/aromatic N) is 6. The Morgan fingerprint density at radius 3 is 2.46 bits per heavy atom. The van der Waals surface area contributed by atoms with Crippen molar-refractivity contribution in [3.8, 4) is 11.4 Å². The fraction of sp³-hybridized carbons (Fsp3) is 0.375. The van der Waals surface area contributed by atoms with Gasteiger partial charge in [0, 0.05) is 37.1 Å². The fourth-order valence-corrected chi connectivity index (χ4v) is 9.57. The summed E-state index contributed by atoms with van der Waals surface area (Å²) >= 11 is 6.62. The van der Waals surface area contributed by atoms with Gasteiger partial charge in [-0.2, -0.15) is 19.0 Å². The molecule has 3 aromatic heterocycles. The number of aryl methyl sites for hydroxylation is 1. The molecule has 2 fully saturated rings. The number of benzene rings is 3. The van der Waals surface area contributed by atoms with Crippen molar-refractivity contribution in [3.63, 3.8) is 0 Å². The average molecular weight is 889 g/mol. The van der Waals surface area contributed by atoms with E-state index >= 15 is 8.78 Å². The van der Waals surface area contributed by atoms with Crippen LogP contribution in [-0.4, -0.2) is 55.8 Å². The molecule has 9 rings (SSSR count). The molecule has 0 spiro atoms. The van der Waals surface area contributed by atoms with Crippen LogP contribution in [0.2, 0.25) is 5.02 Å². The molecule has 2 N–H and O–H groups in total. The van der Waals surface area contributed by atoms with Gasteiger partial charge in [-0.05, 0) is 80.0 Å². The van der Waals surface area contributed by atoms with Crippen LogP contribution < -0.4 is 20.3 Å². The molecule has 3 heterocycles. The first-order valence-electron chi connectivity index (χ1n) is 19.3. The highest BCUT2D eigenvalue weighted by atomic mass is 35.5. The minimum atomic E-state index is -3.90. The predicted octanol–water partition coefficient (Wildman–Crippen LogP) is 7.34. The molecule has 3 aliphatic carbocycles. The molecule has 320 valence electrons. The summed E-state index contributed by atoms with van der Waals surface area (Å²) in [6.45, 7) is -0.970. The van der Waals surface area contributed by atoms with Crippen LogP contribution in [0.15, 0.2) is 53.3 Å². The van der Waals surface area contributed by atoms with E-state index in [0.29, 0.717) is 16.5 Å². The van der Waals surface area contributed by atoms with Gasteiger partial charge in [0.25, 0.3) is 17.9 Å². The molecule has 21 heteroatoms. The van der Waals surface area contributed by atoms with E-state index in [-0.39, 0.29) is 67.8 Å². The van der Waals surface area contributed by atoms with Crippen LogP contribution in [0, 0.1) is 17.6 Å². The number of amides is 1. The highest BCUT2D eigenvalue weighted by molar-refractivity contribution is 7.92. The number of sulfonamides is 1. The van der Waals surface area contributed by atoms with Crippen LogP contribution in [0.25, 0.3) is 27.5 Å². The standard InChI is InChI=1S/C40H35ClF6N8O5S/c1-53-34-29(10-9-26(41)32(34)37(51-53)52-61(2,58)59)55-38(49-27-15-22(7-8-23(27)39(55)57)60-21-5-3-4-6-21)28(13-18-11-19(42)14-20(43)12-18)48-30(56)17-54-35-31(33(50-54)36(44)45)24-16-25(24)40(35,46)47/h7-12,14-15,21,24-25,28,36H,3-6,13,16-17H2,1-2H3,(H,48,56)(H,51,52)/t24-,25+,28-/m0/s1.